The van der Waals surface area contributed by atoms with Crippen LogP contribution < -0.4 is 16.4 Å². The van der Waals surface area contributed by atoms with Crippen molar-refractivity contribution >= 4 is 29.7 Å². The van der Waals surface area contributed by atoms with Gasteiger partial charge in [-0.1, -0.05) is 0 Å². The number of aromatic amines is 1. The Morgan fingerprint density at radius 2 is 1.97 bits per heavy atom. The van der Waals surface area contributed by atoms with Crippen LogP contribution in [0.25, 0.3) is 0 Å². The molecule has 4 atom stereocenters. The number of aliphatic carboxylic acids is 2. The smallest absolute Gasteiger partial charge is 0.326 e. The number of rotatable bonds is 10. The molecule has 0 aliphatic carbocycles. The van der Waals surface area contributed by atoms with Crippen LogP contribution in [0, 0.1) is 0 Å². The van der Waals surface area contributed by atoms with Crippen LogP contribution in [0.1, 0.15) is 31.9 Å². The molecule has 0 bridgehead atoms. The second-order valence-corrected chi connectivity index (χ2v) is 7.30. The van der Waals surface area contributed by atoms with Crippen molar-refractivity contribution in [2.75, 3.05) is 6.54 Å². The van der Waals surface area contributed by atoms with Gasteiger partial charge in [0.15, 0.2) is 0 Å². The summed E-state index contributed by atoms with van der Waals surface area (Å²) in [4.78, 5) is 67.6. The van der Waals surface area contributed by atoms with E-state index >= 15 is 0 Å². The van der Waals surface area contributed by atoms with E-state index in [1.807, 2.05) is 0 Å². The van der Waals surface area contributed by atoms with Crippen molar-refractivity contribution in [2.45, 2.75) is 56.8 Å². The van der Waals surface area contributed by atoms with Gasteiger partial charge < -0.3 is 36.5 Å². The van der Waals surface area contributed by atoms with E-state index < -0.39 is 60.2 Å². The average Bonchev–Trinajstić information content (AvgIpc) is 3.38. The molecule has 1 aromatic rings. The van der Waals surface area contributed by atoms with Gasteiger partial charge in [0.2, 0.25) is 17.7 Å². The number of nitrogens with two attached hydrogens (primary N) is 1. The van der Waals surface area contributed by atoms with Gasteiger partial charge in [-0.2, -0.15) is 0 Å². The Bertz CT molecular complexity index is 827. The number of aromatic nitrogens is 2. The van der Waals surface area contributed by atoms with Crippen molar-refractivity contribution in [3.8, 4) is 0 Å². The minimum atomic E-state index is -1.47. The number of carbonyl (C=O) groups is 5. The molecule has 2 rings (SSSR count). The molecular weight excluding hydrogens is 412 g/mol. The second-order valence-electron chi connectivity index (χ2n) is 7.30. The molecule has 3 amide bonds. The van der Waals surface area contributed by atoms with Crippen LogP contribution >= 0.6 is 0 Å². The summed E-state index contributed by atoms with van der Waals surface area (Å²) in [6.07, 6.45) is 3.07. The minimum absolute atomic E-state index is 0.149. The molecule has 31 heavy (non-hydrogen) atoms. The quantitative estimate of drug-likeness (QED) is 0.234. The lowest BCUT2D eigenvalue weighted by molar-refractivity contribution is -0.150. The first kappa shape index (κ1) is 23.8. The molecule has 7 N–H and O–H groups in total. The van der Waals surface area contributed by atoms with Crippen LogP contribution in [-0.4, -0.2) is 85.5 Å². The summed E-state index contributed by atoms with van der Waals surface area (Å²) in [7, 11) is 0. The number of amides is 3. The highest BCUT2D eigenvalue weighted by Gasteiger charge is 2.38. The van der Waals surface area contributed by atoms with E-state index in [0.717, 1.165) is 4.90 Å². The van der Waals surface area contributed by atoms with Gasteiger partial charge in [0.1, 0.15) is 18.1 Å². The van der Waals surface area contributed by atoms with Gasteiger partial charge in [-0.25, -0.2) is 9.78 Å². The first-order valence-electron chi connectivity index (χ1n) is 9.68. The first-order chi connectivity index (χ1) is 14.6. The van der Waals surface area contributed by atoms with E-state index in [-0.39, 0.29) is 19.4 Å². The lowest BCUT2D eigenvalue weighted by atomic mass is 10.1. The van der Waals surface area contributed by atoms with Gasteiger partial charge in [-0.15, -0.1) is 0 Å². The normalized spacial score (nSPS) is 18.6. The van der Waals surface area contributed by atoms with Crippen LogP contribution in [0.4, 0.5) is 0 Å². The van der Waals surface area contributed by atoms with E-state index in [2.05, 4.69) is 20.6 Å². The maximum atomic E-state index is 12.7. The monoisotopic (exact) mass is 438 g/mol. The molecule has 13 heteroatoms. The Morgan fingerprint density at radius 1 is 1.26 bits per heavy atom. The van der Waals surface area contributed by atoms with E-state index in [1.165, 1.54) is 19.4 Å². The molecule has 0 radical (unpaired) electrons. The van der Waals surface area contributed by atoms with E-state index in [4.69, 9.17) is 10.8 Å². The number of nitrogens with one attached hydrogen (secondary N) is 3. The lowest BCUT2D eigenvalue weighted by Crippen LogP contribution is -2.57. The zero-order valence-electron chi connectivity index (χ0n) is 16.9. The number of imidazole rings is 1. The number of hydrogen-bond donors (Lipinski definition) is 6. The topological polar surface area (TPSA) is 208 Å². The van der Waals surface area contributed by atoms with Gasteiger partial charge in [-0.3, -0.25) is 19.2 Å². The Morgan fingerprint density at radius 3 is 2.55 bits per heavy atom. The number of likely N-dealkylation sites (tertiary alicyclic amines) is 1. The molecule has 13 nitrogen and oxygen atoms in total. The Hall–Kier alpha value is -3.48. The van der Waals surface area contributed by atoms with E-state index in [1.54, 1.807) is 0 Å². The predicted octanol–water partition coefficient (Wildman–Crippen LogP) is -2.18. The van der Waals surface area contributed by atoms with Crippen LogP contribution in [0.5, 0.6) is 0 Å². The summed E-state index contributed by atoms with van der Waals surface area (Å²) < 4.78 is 0. The molecular formula is C18H26N6O7. The van der Waals surface area contributed by atoms with Crippen LogP contribution in [0.2, 0.25) is 0 Å². The molecule has 0 aromatic carbocycles. The standard InChI is InChI=1S/C18H26N6O7/c1-9(22-16(28)11(19)5-10-7-20-8-21-10)15(27)23-12(6-14(25)26)17(29)24-4-2-3-13(24)18(30)31/h7-9,11-13H,2-6,19H2,1H3,(H,20,21)(H,22,28)(H,23,27)(H,25,26)(H,30,31). The summed E-state index contributed by atoms with van der Waals surface area (Å²) in [5.74, 6) is -4.76. The molecule has 1 aliphatic heterocycles. The Balaban J connectivity index is 1.98. The summed E-state index contributed by atoms with van der Waals surface area (Å²) in [6.45, 7) is 1.50. The third kappa shape index (κ3) is 6.50. The fourth-order valence-corrected chi connectivity index (χ4v) is 3.27. The number of hydrogen-bond acceptors (Lipinski definition) is 7. The molecule has 170 valence electrons. The van der Waals surface area contributed by atoms with Gasteiger partial charge in [0.05, 0.1) is 18.8 Å². The van der Waals surface area contributed by atoms with Gasteiger partial charge in [0.25, 0.3) is 0 Å². The fraction of sp³-hybridized carbons (Fsp3) is 0.556. The molecule has 2 heterocycles. The predicted molar refractivity (Wildman–Crippen MR) is 104 cm³/mol. The van der Waals surface area contributed by atoms with Gasteiger partial charge >= 0.3 is 11.9 Å². The maximum Gasteiger partial charge on any atom is 0.326 e. The van der Waals surface area contributed by atoms with Crippen LogP contribution in [0.3, 0.4) is 0 Å². The van der Waals surface area contributed by atoms with Crippen molar-refractivity contribution in [2.24, 2.45) is 5.73 Å². The number of carbonyl (C=O) groups excluding carboxylic acids is 3. The lowest BCUT2D eigenvalue weighted by Gasteiger charge is -2.27. The first-order valence-corrected chi connectivity index (χ1v) is 9.68. The summed E-state index contributed by atoms with van der Waals surface area (Å²) in [6, 6.07) is -4.62. The molecule has 0 spiro atoms. The average molecular weight is 438 g/mol. The van der Waals surface area contributed by atoms with Gasteiger partial charge in [-0.05, 0) is 19.8 Å². The van der Waals surface area contributed by atoms with E-state index in [0.29, 0.717) is 12.1 Å². The maximum absolute atomic E-state index is 12.7. The zero-order chi connectivity index (χ0) is 23.1. The summed E-state index contributed by atoms with van der Waals surface area (Å²) in [5.41, 5.74) is 6.44. The van der Waals surface area contributed by atoms with Crippen LogP contribution in [0.15, 0.2) is 12.5 Å². The third-order valence-electron chi connectivity index (χ3n) is 4.90. The largest absolute Gasteiger partial charge is 0.481 e. The minimum Gasteiger partial charge on any atom is -0.481 e. The molecule has 1 aliphatic rings. The highest BCUT2D eigenvalue weighted by Crippen LogP contribution is 2.19. The van der Waals surface area contributed by atoms with E-state index in [9.17, 15) is 29.1 Å². The summed E-state index contributed by atoms with van der Waals surface area (Å²) >= 11 is 0. The second kappa shape index (κ2) is 10.5. The third-order valence-corrected chi connectivity index (χ3v) is 4.90. The molecule has 4 unspecified atom stereocenters. The van der Waals surface area contributed by atoms with Crippen molar-refractivity contribution in [1.29, 1.82) is 0 Å². The number of carboxylic acid groups (broad SMARTS) is 2. The highest BCUT2D eigenvalue weighted by atomic mass is 16.4. The zero-order valence-corrected chi connectivity index (χ0v) is 16.9. The number of nitrogens with zero attached hydrogens (tertiary/aromatic N) is 2. The number of H-pyrrole nitrogens is 1. The fourth-order valence-electron chi connectivity index (χ4n) is 3.27. The van der Waals surface area contributed by atoms with Crippen molar-refractivity contribution in [3.63, 3.8) is 0 Å². The van der Waals surface area contributed by atoms with Crippen molar-refractivity contribution < 1.29 is 34.2 Å². The molecule has 1 saturated heterocycles. The summed E-state index contributed by atoms with van der Waals surface area (Å²) in [5, 5.41) is 23.1. The Kier molecular flexibility index (Phi) is 8.07. The number of carboxylic acids is 2. The van der Waals surface area contributed by atoms with Crippen molar-refractivity contribution in [3.05, 3.63) is 18.2 Å². The molecule has 1 fully saturated rings. The SMILES string of the molecule is CC(NC(=O)C(N)Cc1cnc[nH]1)C(=O)NC(CC(=O)O)C(=O)N1CCCC1C(=O)O. The Labute approximate surface area is 177 Å². The molecule has 0 saturated carbocycles. The van der Waals surface area contributed by atoms with Crippen molar-refractivity contribution in [1.82, 2.24) is 25.5 Å². The molecule has 1 aromatic heterocycles. The van der Waals surface area contributed by atoms with Gasteiger partial charge in [0, 0.05) is 24.9 Å². The van der Waals surface area contributed by atoms with Crippen LogP contribution in [-0.2, 0) is 30.4 Å². The highest BCUT2D eigenvalue weighted by molar-refractivity contribution is 5.95.